The summed E-state index contributed by atoms with van der Waals surface area (Å²) in [5.41, 5.74) is 0.0828. The molecule has 0 spiro atoms. The van der Waals surface area contributed by atoms with Crippen LogP contribution in [0, 0.1) is 0 Å². The molecule has 1 aliphatic rings. The maximum atomic E-state index is 10.8. The van der Waals surface area contributed by atoms with Gasteiger partial charge in [0.05, 0.1) is 11.8 Å². The molecule has 0 atom stereocenters. The lowest BCUT2D eigenvalue weighted by molar-refractivity contribution is 0.0696. The SMILES string of the molecule is O=C(O)c1cncc(Oc2nc(C3CC3)ns2)c1. The summed E-state index contributed by atoms with van der Waals surface area (Å²) in [7, 11) is 0. The first-order chi connectivity index (χ1) is 8.72. The van der Waals surface area contributed by atoms with Crippen LogP contribution < -0.4 is 4.74 Å². The number of hydrogen-bond donors (Lipinski definition) is 1. The Morgan fingerprint density at radius 3 is 3.00 bits per heavy atom. The molecule has 6 nitrogen and oxygen atoms in total. The van der Waals surface area contributed by atoms with Crippen LogP contribution in [0.2, 0.25) is 0 Å². The van der Waals surface area contributed by atoms with Gasteiger partial charge in [0.15, 0.2) is 0 Å². The summed E-state index contributed by atoms with van der Waals surface area (Å²) in [5.74, 6) is 0.608. The Bertz CT molecular complexity index is 595. The average molecular weight is 263 g/mol. The fraction of sp³-hybridized carbons (Fsp3) is 0.273. The highest BCUT2D eigenvalue weighted by molar-refractivity contribution is 7.07. The third kappa shape index (κ3) is 2.30. The maximum Gasteiger partial charge on any atom is 0.337 e. The van der Waals surface area contributed by atoms with E-state index in [1.165, 1.54) is 30.0 Å². The van der Waals surface area contributed by atoms with Crippen molar-refractivity contribution in [2.24, 2.45) is 0 Å². The highest BCUT2D eigenvalue weighted by Crippen LogP contribution is 2.40. The minimum absolute atomic E-state index is 0.0828. The number of ether oxygens (including phenoxy) is 1. The van der Waals surface area contributed by atoms with Crippen molar-refractivity contribution in [2.45, 2.75) is 18.8 Å². The molecule has 0 radical (unpaired) electrons. The lowest BCUT2D eigenvalue weighted by atomic mass is 10.3. The van der Waals surface area contributed by atoms with E-state index >= 15 is 0 Å². The number of aromatic carboxylic acids is 1. The number of carboxylic acid groups (broad SMARTS) is 1. The van der Waals surface area contributed by atoms with Gasteiger partial charge in [-0.25, -0.2) is 4.79 Å². The topological polar surface area (TPSA) is 85.2 Å². The largest absolute Gasteiger partial charge is 0.478 e. The number of aromatic nitrogens is 3. The zero-order chi connectivity index (χ0) is 12.5. The van der Waals surface area contributed by atoms with Crippen molar-refractivity contribution in [1.82, 2.24) is 14.3 Å². The Morgan fingerprint density at radius 1 is 1.44 bits per heavy atom. The second-order valence-corrected chi connectivity index (χ2v) is 4.72. The van der Waals surface area contributed by atoms with E-state index in [0.717, 1.165) is 18.7 Å². The molecule has 3 rings (SSSR count). The molecule has 2 heterocycles. The smallest absolute Gasteiger partial charge is 0.337 e. The van der Waals surface area contributed by atoms with Crippen LogP contribution in [0.1, 0.15) is 34.9 Å². The molecule has 1 aliphatic carbocycles. The molecule has 1 fully saturated rings. The van der Waals surface area contributed by atoms with Gasteiger partial charge >= 0.3 is 5.97 Å². The molecular formula is C11H9N3O3S. The number of pyridine rings is 1. The van der Waals surface area contributed by atoms with E-state index < -0.39 is 5.97 Å². The van der Waals surface area contributed by atoms with Crippen molar-refractivity contribution < 1.29 is 14.6 Å². The van der Waals surface area contributed by atoms with E-state index in [2.05, 4.69) is 14.3 Å². The number of carbonyl (C=O) groups is 1. The molecule has 1 N–H and O–H groups in total. The molecule has 0 aromatic carbocycles. The van der Waals surface area contributed by atoms with E-state index in [4.69, 9.17) is 9.84 Å². The quantitative estimate of drug-likeness (QED) is 0.911. The minimum Gasteiger partial charge on any atom is -0.478 e. The lowest BCUT2D eigenvalue weighted by Gasteiger charge is -2.00. The number of rotatable bonds is 4. The van der Waals surface area contributed by atoms with Gasteiger partial charge in [-0.15, -0.1) is 0 Å². The standard InChI is InChI=1S/C11H9N3O3S/c15-10(16)7-3-8(5-12-4-7)17-11-13-9(14-18-11)6-1-2-6/h3-6H,1-2H2,(H,15,16). The van der Waals surface area contributed by atoms with Gasteiger partial charge in [0, 0.05) is 23.6 Å². The van der Waals surface area contributed by atoms with Crippen molar-refractivity contribution in [2.75, 3.05) is 0 Å². The average Bonchev–Trinajstić information content (AvgIpc) is 3.11. The van der Waals surface area contributed by atoms with Crippen molar-refractivity contribution in [3.8, 4) is 10.9 Å². The van der Waals surface area contributed by atoms with E-state index in [1.807, 2.05) is 0 Å². The summed E-state index contributed by atoms with van der Waals surface area (Å²) in [6.07, 6.45) is 4.98. The maximum absolute atomic E-state index is 10.8. The molecule has 0 saturated heterocycles. The van der Waals surface area contributed by atoms with Crippen molar-refractivity contribution in [3.63, 3.8) is 0 Å². The number of hydrogen-bond acceptors (Lipinski definition) is 6. The van der Waals surface area contributed by atoms with Crippen molar-refractivity contribution >= 4 is 17.5 Å². The zero-order valence-electron chi connectivity index (χ0n) is 9.24. The Labute approximate surface area is 106 Å². The van der Waals surface area contributed by atoms with Crippen LogP contribution in [0.3, 0.4) is 0 Å². The molecule has 0 amide bonds. The van der Waals surface area contributed by atoms with Crippen molar-refractivity contribution in [3.05, 3.63) is 29.8 Å². The predicted octanol–water partition coefficient (Wildman–Crippen LogP) is 2.30. The summed E-state index contributed by atoms with van der Waals surface area (Å²) >= 11 is 1.17. The van der Waals surface area contributed by atoms with Gasteiger partial charge < -0.3 is 9.84 Å². The molecule has 92 valence electrons. The fourth-order valence-corrected chi connectivity index (χ4v) is 2.09. The third-order valence-electron chi connectivity index (χ3n) is 2.53. The molecule has 0 unspecified atom stereocenters. The Morgan fingerprint density at radius 2 is 2.28 bits per heavy atom. The Hall–Kier alpha value is -2.02. The normalized spacial score (nSPS) is 14.4. The van der Waals surface area contributed by atoms with Gasteiger partial charge in [0.1, 0.15) is 11.6 Å². The van der Waals surface area contributed by atoms with Crippen LogP contribution >= 0.6 is 11.5 Å². The first-order valence-electron chi connectivity index (χ1n) is 5.42. The van der Waals surface area contributed by atoms with E-state index in [-0.39, 0.29) is 5.56 Å². The van der Waals surface area contributed by atoms with Gasteiger partial charge in [-0.05, 0) is 18.9 Å². The van der Waals surface area contributed by atoms with Crippen molar-refractivity contribution in [1.29, 1.82) is 0 Å². The summed E-state index contributed by atoms with van der Waals surface area (Å²) in [5, 5.41) is 9.26. The first-order valence-corrected chi connectivity index (χ1v) is 6.19. The van der Waals surface area contributed by atoms with Gasteiger partial charge in [-0.1, -0.05) is 0 Å². The molecule has 0 bridgehead atoms. The zero-order valence-corrected chi connectivity index (χ0v) is 10.1. The van der Waals surface area contributed by atoms with Gasteiger partial charge in [-0.3, -0.25) is 4.98 Å². The molecule has 0 aliphatic heterocycles. The lowest BCUT2D eigenvalue weighted by Crippen LogP contribution is -1.97. The van der Waals surface area contributed by atoms with Crippen LogP contribution in [0.4, 0.5) is 0 Å². The first kappa shape index (κ1) is 11.1. The monoisotopic (exact) mass is 263 g/mol. The molecule has 2 aromatic rings. The minimum atomic E-state index is -1.04. The summed E-state index contributed by atoms with van der Waals surface area (Å²) < 4.78 is 9.65. The number of carboxylic acids is 1. The predicted molar refractivity (Wildman–Crippen MR) is 63.2 cm³/mol. The van der Waals surface area contributed by atoms with Crippen LogP contribution in [0.5, 0.6) is 10.9 Å². The Balaban J connectivity index is 1.78. The van der Waals surface area contributed by atoms with Gasteiger partial charge in [-0.2, -0.15) is 9.36 Å². The third-order valence-corrected chi connectivity index (χ3v) is 3.14. The molecule has 1 saturated carbocycles. The van der Waals surface area contributed by atoms with Gasteiger partial charge in [0.2, 0.25) is 0 Å². The molecule has 18 heavy (non-hydrogen) atoms. The van der Waals surface area contributed by atoms with Crippen LogP contribution in [-0.2, 0) is 0 Å². The summed E-state index contributed by atoms with van der Waals surface area (Å²) in [6.45, 7) is 0. The summed E-state index contributed by atoms with van der Waals surface area (Å²) in [6, 6.07) is 1.41. The second kappa shape index (κ2) is 4.34. The molecule has 2 aromatic heterocycles. The second-order valence-electron chi connectivity index (χ2n) is 4.01. The van der Waals surface area contributed by atoms with E-state index in [1.54, 1.807) is 0 Å². The summed E-state index contributed by atoms with van der Waals surface area (Å²) in [4.78, 5) is 18.8. The number of nitrogens with zero attached hydrogens (tertiary/aromatic N) is 3. The molecule has 7 heteroatoms. The van der Waals surface area contributed by atoms with Crippen LogP contribution in [-0.4, -0.2) is 25.4 Å². The van der Waals surface area contributed by atoms with Crippen LogP contribution in [0.25, 0.3) is 0 Å². The highest BCUT2D eigenvalue weighted by Gasteiger charge is 2.28. The van der Waals surface area contributed by atoms with Gasteiger partial charge in [0.25, 0.3) is 5.19 Å². The van der Waals surface area contributed by atoms with E-state index in [0.29, 0.717) is 16.9 Å². The van der Waals surface area contributed by atoms with E-state index in [9.17, 15) is 4.79 Å². The Kier molecular flexibility index (Phi) is 2.67. The fourth-order valence-electron chi connectivity index (χ4n) is 1.46. The highest BCUT2D eigenvalue weighted by atomic mass is 32.1. The molecular weight excluding hydrogens is 254 g/mol. The van der Waals surface area contributed by atoms with Crippen LogP contribution in [0.15, 0.2) is 18.5 Å².